The maximum absolute atomic E-state index is 12.1. The van der Waals surface area contributed by atoms with Gasteiger partial charge < -0.3 is 9.64 Å². The zero-order valence-electron chi connectivity index (χ0n) is 12.5. The molecule has 0 radical (unpaired) electrons. The van der Waals surface area contributed by atoms with Crippen molar-refractivity contribution in [2.75, 3.05) is 38.0 Å². The average molecular weight is 333 g/mol. The van der Waals surface area contributed by atoms with Crippen LogP contribution in [-0.2, 0) is 14.8 Å². The van der Waals surface area contributed by atoms with Crippen molar-refractivity contribution in [3.63, 3.8) is 0 Å². The van der Waals surface area contributed by atoms with Crippen LogP contribution in [0.25, 0.3) is 0 Å². The summed E-state index contributed by atoms with van der Waals surface area (Å²) in [4.78, 5) is 2.49. The van der Waals surface area contributed by atoms with Crippen LogP contribution in [0.15, 0.2) is 29.2 Å². The van der Waals surface area contributed by atoms with Crippen LogP contribution < -0.4 is 4.90 Å². The average Bonchev–Trinajstić information content (AvgIpc) is 2.48. The fourth-order valence-corrected chi connectivity index (χ4v) is 3.38. The Morgan fingerprint density at radius 3 is 2.48 bits per heavy atom. The first-order valence-corrected chi connectivity index (χ1v) is 8.80. The minimum Gasteiger partial charge on any atom is -0.373 e. The molecule has 1 aromatic carbocycles. The van der Waals surface area contributed by atoms with Crippen LogP contribution in [0.2, 0.25) is 0 Å². The van der Waals surface area contributed by atoms with Crippen LogP contribution in [0, 0.1) is 0 Å². The summed E-state index contributed by atoms with van der Waals surface area (Å²) in [7, 11) is -0.332. The summed E-state index contributed by atoms with van der Waals surface area (Å²) in [5.41, 5.74) is 0.985. The number of morpholine rings is 1. The highest BCUT2D eigenvalue weighted by Crippen LogP contribution is 2.24. The fourth-order valence-electron chi connectivity index (χ4n) is 2.29. The molecule has 0 aliphatic carbocycles. The Labute approximate surface area is 131 Å². The van der Waals surface area contributed by atoms with Crippen LogP contribution in [-0.4, -0.2) is 58.0 Å². The van der Waals surface area contributed by atoms with Gasteiger partial charge in [-0.15, -0.1) is 11.6 Å². The first-order chi connectivity index (χ1) is 9.86. The molecule has 1 fully saturated rings. The molecular weight excluding hydrogens is 312 g/mol. The van der Waals surface area contributed by atoms with Crippen molar-refractivity contribution in [2.24, 2.45) is 0 Å². The van der Waals surface area contributed by atoms with Gasteiger partial charge in [0, 0.05) is 32.4 Å². The van der Waals surface area contributed by atoms with E-state index in [9.17, 15) is 8.42 Å². The highest BCUT2D eigenvalue weighted by Gasteiger charge is 2.26. The van der Waals surface area contributed by atoms with Gasteiger partial charge in [0.15, 0.2) is 0 Å². The lowest BCUT2D eigenvalue weighted by molar-refractivity contribution is 0.0365. The standard InChI is InChI=1S/C14H21ClN2O3S/c1-11-10-20-13(8-15)9-17(11)12-4-6-14(7-5-12)21(18,19)16(2)3/h4-7,11,13H,8-10H2,1-3H3. The first-order valence-electron chi connectivity index (χ1n) is 6.83. The minimum atomic E-state index is -3.38. The number of anilines is 1. The van der Waals surface area contributed by atoms with E-state index in [2.05, 4.69) is 11.8 Å². The predicted molar refractivity (Wildman–Crippen MR) is 84.6 cm³/mol. The Morgan fingerprint density at radius 1 is 1.33 bits per heavy atom. The molecule has 0 bridgehead atoms. The first kappa shape index (κ1) is 16.5. The van der Waals surface area contributed by atoms with Gasteiger partial charge in [-0.25, -0.2) is 12.7 Å². The molecule has 1 aromatic rings. The number of ether oxygens (including phenoxy) is 1. The molecule has 118 valence electrons. The van der Waals surface area contributed by atoms with Crippen molar-refractivity contribution in [3.8, 4) is 0 Å². The number of hydrogen-bond acceptors (Lipinski definition) is 4. The fraction of sp³-hybridized carbons (Fsp3) is 0.571. The number of hydrogen-bond donors (Lipinski definition) is 0. The Morgan fingerprint density at radius 2 is 1.95 bits per heavy atom. The normalized spacial score (nSPS) is 23.6. The molecule has 0 amide bonds. The molecule has 0 spiro atoms. The van der Waals surface area contributed by atoms with E-state index in [1.807, 2.05) is 12.1 Å². The lowest BCUT2D eigenvalue weighted by Gasteiger charge is -2.39. The van der Waals surface area contributed by atoms with Gasteiger partial charge in [-0.05, 0) is 31.2 Å². The molecule has 1 aliphatic heterocycles. The molecule has 7 heteroatoms. The van der Waals surface area contributed by atoms with Gasteiger partial charge in [-0.3, -0.25) is 0 Å². The molecule has 2 unspecified atom stereocenters. The summed E-state index contributed by atoms with van der Waals surface area (Å²) < 4.78 is 30.9. The van der Waals surface area contributed by atoms with E-state index in [-0.39, 0.29) is 12.1 Å². The number of halogens is 1. The van der Waals surface area contributed by atoms with Crippen molar-refractivity contribution >= 4 is 27.3 Å². The lowest BCUT2D eigenvalue weighted by atomic mass is 10.1. The number of benzene rings is 1. The number of nitrogens with zero attached hydrogens (tertiary/aromatic N) is 2. The quantitative estimate of drug-likeness (QED) is 0.788. The molecule has 0 N–H and O–H groups in total. The molecule has 1 saturated heterocycles. The van der Waals surface area contributed by atoms with Gasteiger partial charge in [0.2, 0.25) is 10.0 Å². The Kier molecular flexibility index (Phi) is 5.14. The largest absolute Gasteiger partial charge is 0.373 e. The summed E-state index contributed by atoms with van der Waals surface area (Å²) in [6, 6.07) is 7.19. The summed E-state index contributed by atoms with van der Waals surface area (Å²) in [6.45, 7) is 3.41. The van der Waals surface area contributed by atoms with E-state index in [1.165, 1.54) is 18.4 Å². The van der Waals surface area contributed by atoms with E-state index in [0.29, 0.717) is 23.9 Å². The summed E-state index contributed by atoms with van der Waals surface area (Å²) in [5, 5.41) is 0. The van der Waals surface area contributed by atoms with Gasteiger partial charge in [-0.2, -0.15) is 0 Å². The van der Waals surface area contributed by atoms with Crippen molar-refractivity contribution < 1.29 is 13.2 Å². The highest BCUT2D eigenvalue weighted by molar-refractivity contribution is 7.89. The molecule has 2 rings (SSSR count). The molecule has 0 aromatic heterocycles. The maximum Gasteiger partial charge on any atom is 0.242 e. The maximum atomic E-state index is 12.1. The molecule has 1 heterocycles. The molecule has 2 atom stereocenters. The third kappa shape index (κ3) is 3.51. The van der Waals surface area contributed by atoms with E-state index in [1.54, 1.807) is 12.1 Å². The summed E-state index contributed by atoms with van der Waals surface area (Å²) in [5.74, 6) is 0.455. The van der Waals surface area contributed by atoms with Gasteiger partial charge in [0.05, 0.1) is 23.5 Å². The Hall–Kier alpha value is -0.820. The molecule has 5 nitrogen and oxygen atoms in total. The van der Waals surface area contributed by atoms with Gasteiger partial charge in [-0.1, -0.05) is 0 Å². The smallest absolute Gasteiger partial charge is 0.242 e. The van der Waals surface area contributed by atoms with Crippen LogP contribution in [0.1, 0.15) is 6.92 Å². The molecule has 1 aliphatic rings. The number of rotatable bonds is 4. The van der Waals surface area contributed by atoms with Crippen molar-refractivity contribution in [3.05, 3.63) is 24.3 Å². The second kappa shape index (κ2) is 6.52. The van der Waals surface area contributed by atoms with E-state index in [4.69, 9.17) is 16.3 Å². The van der Waals surface area contributed by atoms with E-state index >= 15 is 0 Å². The lowest BCUT2D eigenvalue weighted by Crippen LogP contribution is -2.49. The van der Waals surface area contributed by atoms with Gasteiger partial charge >= 0.3 is 0 Å². The van der Waals surface area contributed by atoms with Crippen molar-refractivity contribution in [1.82, 2.24) is 4.31 Å². The third-order valence-corrected chi connectivity index (χ3v) is 5.80. The molecular formula is C14H21ClN2O3S. The zero-order chi connectivity index (χ0) is 15.6. The number of sulfonamides is 1. The second-order valence-electron chi connectivity index (χ2n) is 5.39. The third-order valence-electron chi connectivity index (χ3n) is 3.62. The second-order valence-corrected chi connectivity index (χ2v) is 7.85. The monoisotopic (exact) mass is 332 g/mol. The van der Waals surface area contributed by atoms with Crippen LogP contribution in [0.4, 0.5) is 5.69 Å². The molecule has 21 heavy (non-hydrogen) atoms. The van der Waals surface area contributed by atoms with E-state index in [0.717, 1.165) is 5.69 Å². The Balaban J connectivity index is 2.22. The van der Waals surface area contributed by atoms with Crippen LogP contribution in [0.5, 0.6) is 0 Å². The van der Waals surface area contributed by atoms with Gasteiger partial charge in [0.1, 0.15) is 0 Å². The predicted octanol–water partition coefficient (Wildman–Crippen LogP) is 1.77. The highest BCUT2D eigenvalue weighted by atomic mass is 35.5. The van der Waals surface area contributed by atoms with Crippen LogP contribution in [0.3, 0.4) is 0 Å². The number of alkyl halides is 1. The van der Waals surface area contributed by atoms with Crippen LogP contribution >= 0.6 is 11.6 Å². The Bertz CT molecular complexity index is 574. The van der Waals surface area contributed by atoms with Crippen molar-refractivity contribution in [1.29, 1.82) is 0 Å². The van der Waals surface area contributed by atoms with Crippen molar-refractivity contribution in [2.45, 2.75) is 24.0 Å². The summed E-state index contributed by atoms with van der Waals surface area (Å²) in [6.07, 6.45) is 0.00745. The minimum absolute atomic E-state index is 0.00745. The topological polar surface area (TPSA) is 49.9 Å². The summed E-state index contributed by atoms with van der Waals surface area (Å²) >= 11 is 5.86. The van der Waals surface area contributed by atoms with Gasteiger partial charge in [0.25, 0.3) is 0 Å². The SMILES string of the molecule is CC1COC(CCl)CN1c1ccc(S(=O)(=O)N(C)C)cc1. The zero-order valence-corrected chi connectivity index (χ0v) is 14.1. The molecule has 0 saturated carbocycles. The van der Waals surface area contributed by atoms with E-state index < -0.39 is 10.0 Å².